The van der Waals surface area contributed by atoms with Crippen molar-refractivity contribution in [2.45, 2.75) is 13.8 Å². The minimum atomic E-state index is -0.711. The van der Waals surface area contributed by atoms with Crippen molar-refractivity contribution < 1.29 is 18.8 Å². The molecule has 142 valence electrons. The van der Waals surface area contributed by atoms with E-state index >= 15 is 0 Å². The molecule has 8 heteroatoms. The molecule has 3 amide bonds. The molecule has 0 unspecified atom stereocenters. The molecule has 0 spiro atoms. The lowest BCUT2D eigenvalue weighted by Crippen LogP contribution is -2.37. The number of nitrogens with zero attached hydrogens (tertiary/aromatic N) is 1. The zero-order chi connectivity index (χ0) is 20.0. The standard InChI is InChI=1S/C19H19ClFN3O3/c1-12(25)23-14-6-8-15(9-7-14)24(13(2)26)11-10-22-19(27)18-16(20)4-3-5-17(18)21/h3-9H,10-11H2,1-2H3,(H,22,27)(H,23,25). The second kappa shape index (κ2) is 9.14. The van der Waals surface area contributed by atoms with E-state index in [1.807, 2.05) is 0 Å². The van der Waals surface area contributed by atoms with Gasteiger partial charge in [-0.05, 0) is 36.4 Å². The monoisotopic (exact) mass is 391 g/mol. The van der Waals surface area contributed by atoms with E-state index in [2.05, 4.69) is 10.6 Å². The molecule has 27 heavy (non-hydrogen) atoms. The molecule has 0 aromatic heterocycles. The van der Waals surface area contributed by atoms with Crippen molar-refractivity contribution in [2.75, 3.05) is 23.3 Å². The molecule has 0 fully saturated rings. The van der Waals surface area contributed by atoms with Crippen molar-refractivity contribution in [3.63, 3.8) is 0 Å². The molecule has 2 aromatic rings. The van der Waals surface area contributed by atoms with Gasteiger partial charge < -0.3 is 15.5 Å². The Morgan fingerprint density at radius 3 is 2.30 bits per heavy atom. The SMILES string of the molecule is CC(=O)Nc1ccc(N(CCNC(=O)c2c(F)cccc2Cl)C(C)=O)cc1. The van der Waals surface area contributed by atoms with E-state index in [9.17, 15) is 18.8 Å². The fourth-order valence-corrected chi connectivity index (χ4v) is 2.73. The molecule has 0 atom stereocenters. The summed E-state index contributed by atoms with van der Waals surface area (Å²) in [5.41, 5.74) is 0.986. The van der Waals surface area contributed by atoms with Gasteiger partial charge in [-0.1, -0.05) is 17.7 Å². The van der Waals surface area contributed by atoms with Gasteiger partial charge in [-0.25, -0.2) is 4.39 Å². The van der Waals surface area contributed by atoms with Crippen LogP contribution >= 0.6 is 11.6 Å². The maximum atomic E-state index is 13.8. The number of hydrogen-bond donors (Lipinski definition) is 2. The number of benzene rings is 2. The van der Waals surface area contributed by atoms with E-state index in [0.717, 1.165) is 6.07 Å². The van der Waals surface area contributed by atoms with Crippen molar-refractivity contribution in [1.82, 2.24) is 5.32 Å². The lowest BCUT2D eigenvalue weighted by Gasteiger charge is -2.22. The lowest BCUT2D eigenvalue weighted by molar-refractivity contribution is -0.116. The largest absolute Gasteiger partial charge is 0.350 e. The Morgan fingerprint density at radius 2 is 1.74 bits per heavy atom. The van der Waals surface area contributed by atoms with Crippen LogP contribution in [0.5, 0.6) is 0 Å². The maximum Gasteiger partial charge on any atom is 0.255 e. The van der Waals surface area contributed by atoms with Crippen LogP contribution in [0.4, 0.5) is 15.8 Å². The van der Waals surface area contributed by atoms with Crippen molar-refractivity contribution in [3.05, 3.63) is 58.9 Å². The minimum Gasteiger partial charge on any atom is -0.350 e. The van der Waals surface area contributed by atoms with Gasteiger partial charge in [-0.15, -0.1) is 0 Å². The third-order valence-electron chi connectivity index (χ3n) is 3.69. The summed E-state index contributed by atoms with van der Waals surface area (Å²) < 4.78 is 13.8. The third-order valence-corrected chi connectivity index (χ3v) is 4.01. The van der Waals surface area contributed by atoms with Gasteiger partial charge in [0.05, 0.1) is 10.6 Å². The van der Waals surface area contributed by atoms with Crippen LogP contribution < -0.4 is 15.5 Å². The minimum absolute atomic E-state index is 0.0180. The zero-order valence-electron chi connectivity index (χ0n) is 14.9. The van der Waals surface area contributed by atoms with Gasteiger partial charge in [-0.3, -0.25) is 14.4 Å². The van der Waals surface area contributed by atoms with Crippen LogP contribution in [0.15, 0.2) is 42.5 Å². The number of carbonyl (C=O) groups excluding carboxylic acids is 3. The fourth-order valence-electron chi connectivity index (χ4n) is 2.48. The molecule has 2 rings (SSSR count). The topological polar surface area (TPSA) is 78.5 Å². The number of hydrogen-bond acceptors (Lipinski definition) is 3. The summed E-state index contributed by atoms with van der Waals surface area (Å²) in [7, 11) is 0. The van der Waals surface area contributed by atoms with E-state index in [1.165, 1.54) is 30.9 Å². The van der Waals surface area contributed by atoms with Gasteiger partial charge in [0.1, 0.15) is 5.82 Å². The summed E-state index contributed by atoms with van der Waals surface area (Å²) in [5.74, 6) is -1.78. The Hall–Kier alpha value is -2.93. The van der Waals surface area contributed by atoms with Gasteiger partial charge in [0, 0.05) is 38.3 Å². The number of halogens is 2. The smallest absolute Gasteiger partial charge is 0.255 e. The van der Waals surface area contributed by atoms with Gasteiger partial charge in [0.2, 0.25) is 11.8 Å². The number of anilines is 2. The van der Waals surface area contributed by atoms with Gasteiger partial charge >= 0.3 is 0 Å². The predicted molar refractivity (Wildman–Crippen MR) is 103 cm³/mol. The normalized spacial score (nSPS) is 10.2. The first-order valence-electron chi connectivity index (χ1n) is 8.17. The van der Waals surface area contributed by atoms with Crippen LogP contribution in [0.25, 0.3) is 0 Å². The van der Waals surface area contributed by atoms with Crippen LogP contribution in [0.3, 0.4) is 0 Å². The van der Waals surface area contributed by atoms with Crippen molar-refractivity contribution in [3.8, 4) is 0 Å². The summed E-state index contributed by atoms with van der Waals surface area (Å²) in [6.45, 7) is 3.10. The molecule has 0 saturated carbocycles. The number of amides is 3. The molecule has 2 N–H and O–H groups in total. The Kier molecular flexibility index (Phi) is 6.90. The molecule has 0 bridgehead atoms. The fraction of sp³-hybridized carbons (Fsp3) is 0.211. The molecule has 0 aliphatic heterocycles. The molecule has 0 radical (unpaired) electrons. The van der Waals surface area contributed by atoms with Crippen LogP contribution in [-0.4, -0.2) is 30.8 Å². The molecule has 6 nitrogen and oxygen atoms in total. The Labute approximate surface area is 161 Å². The van der Waals surface area contributed by atoms with Gasteiger partial charge in [-0.2, -0.15) is 0 Å². The maximum absolute atomic E-state index is 13.8. The highest BCUT2D eigenvalue weighted by Gasteiger charge is 2.17. The van der Waals surface area contributed by atoms with E-state index in [-0.39, 0.29) is 35.5 Å². The van der Waals surface area contributed by atoms with Gasteiger partial charge in [0.25, 0.3) is 5.91 Å². The van der Waals surface area contributed by atoms with Crippen molar-refractivity contribution in [1.29, 1.82) is 0 Å². The second-order valence-corrected chi connectivity index (χ2v) is 6.16. The van der Waals surface area contributed by atoms with E-state index in [4.69, 9.17) is 11.6 Å². The summed E-state index contributed by atoms with van der Waals surface area (Å²) >= 11 is 5.87. The highest BCUT2D eigenvalue weighted by atomic mass is 35.5. The van der Waals surface area contributed by atoms with Crippen LogP contribution in [0.2, 0.25) is 5.02 Å². The first kappa shape index (κ1) is 20.4. The molecule has 0 saturated heterocycles. The van der Waals surface area contributed by atoms with Crippen LogP contribution in [-0.2, 0) is 9.59 Å². The quantitative estimate of drug-likeness (QED) is 0.793. The van der Waals surface area contributed by atoms with Crippen molar-refractivity contribution in [2.24, 2.45) is 0 Å². The molecule has 0 aliphatic carbocycles. The van der Waals surface area contributed by atoms with E-state index in [1.54, 1.807) is 24.3 Å². The molecule has 2 aromatic carbocycles. The molecular weight excluding hydrogens is 373 g/mol. The predicted octanol–water partition coefficient (Wildman–Crippen LogP) is 3.22. The Balaban J connectivity index is 2.02. The first-order valence-corrected chi connectivity index (χ1v) is 8.55. The zero-order valence-corrected chi connectivity index (χ0v) is 15.6. The summed E-state index contributed by atoms with van der Waals surface area (Å²) in [6.07, 6.45) is 0. The first-order chi connectivity index (χ1) is 12.8. The number of nitrogens with one attached hydrogen (secondary N) is 2. The Bertz CT molecular complexity index is 836. The van der Waals surface area contributed by atoms with Crippen LogP contribution in [0, 0.1) is 5.82 Å². The number of rotatable bonds is 6. The average molecular weight is 392 g/mol. The summed E-state index contributed by atoms with van der Waals surface area (Å²) in [4.78, 5) is 36.6. The number of carbonyl (C=O) groups is 3. The second-order valence-electron chi connectivity index (χ2n) is 5.75. The highest BCUT2D eigenvalue weighted by Crippen LogP contribution is 2.19. The molecule has 0 aliphatic rings. The molecule has 0 heterocycles. The van der Waals surface area contributed by atoms with Crippen molar-refractivity contribution >= 4 is 40.7 Å². The van der Waals surface area contributed by atoms with E-state index in [0.29, 0.717) is 11.4 Å². The summed E-state index contributed by atoms with van der Waals surface area (Å²) in [6, 6.07) is 10.7. The molecular formula is C19H19ClFN3O3. The van der Waals surface area contributed by atoms with Crippen LogP contribution in [0.1, 0.15) is 24.2 Å². The lowest BCUT2D eigenvalue weighted by atomic mass is 10.2. The Morgan fingerprint density at radius 1 is 1.07 bits per heavy atom. The third kappa shape index (κ3) is 5.52. The average Bonchev–Trinajstić information content (AvgIpc) is 2.59. The summed E-state index contributed by atoms with van der Waals surface area (Å²) in [5, 5.41) is 5.22. The highest BCUT2D eigenvalue weighted by molar-refractivity contribution is 6.33. The van der Waals surface area contributed by atoms with Gasteiger partial charge in [0.15, 0.2) is 0 Å². The van der Waals surface area contributed by atoms with E-state index < -0.39 is 11.7 Å².